The lowest BCUT2D eigenvalue weighted by atomic mass is 9.82. The summed E-state index contributed by atoms with van der Waals surface area (Å²) in [6.07, 6.45) is 0.567. The van der Waals surface area contributed by atoms with E-state index in [9.17, 15) is 24.3 Å². The number of ether oxygens (including phenoxy) is 1. The zero-order chi connectivity index (χ0) is 35.4. The quantitative estimate of drug-likeness (QED) is 0.281. The van der Waals surface area contributed by atoms with Crippen LogP contribution >= 0.6 is 0 Å². The molecule has 5 aliphatic heterocycles. The van der Waals surface area contributed by atoms with Crippen LogP contribution in [-0.4, -0.2) is 107 Å². The smallest absolute Gasteiger partial charge is 0.264 e. The number of anilines is 3. The maximum atomic E-state index is 16.5. The highest BCUT2D eigenvalue weighted by molar-refractivity contribution is 6.72. The number of likely N-dealkylation sites (tertiary alicyclic amines) is 1. The number of amides is 4. The minimum Gasteiger partial charge on any atom is -0.394 e. The van der Waals surface area contributed by atoms with Crippen molar-refractivity contribution < 1.29 is 33.1 Å². The molecule has 2 aromatic rings. The molecular weight excluding hydrogens is 660 g/mol. The highest BCUT2D eigenvalue weighted by atomic mass is 28.4. The number of nitrogens with zero attached hydrogens (tertiary/aromatic N) is 4. The molecule has 4 saturated heterocycles. The van der Waals surface area contributed by atoms with Crippen molar-refractivity contribution in [1.29, 1.82) is 0 Å². The van der Waals surface area contributed by atoms with E-state index in [1.165, 1.54) is 0 Å². The molecule has 0 radical (unpaired) electrons. The number of aliphatic hydroxyl groups is 1. The third kappa shape index (κ3) is 5.94. The fraction of sp³-hybridized carbons (Fsp3) is 0.556. The summed E-state index contributed by atoms with van der Waals surface area (Å²) in [5.74, 6) is -1.22. The predicted molar refractivity (Wildman–Crippen MR) is 189 cm³/mol. The van der Waals surface area contributed by atoms with Gasteiger partial charge in [0.2, 0.25) is 26.1 Å². The van der Waals surface area contributed by atoms with Crippen molar-refractivity contribution in [3.8, 4) is 0 Å². The van der Waals surface area contributed by atoms with Gasteiger partial charge in [0.15, 0.2) is 5.60 Å². The van der Waals surface area contributed by atoms with Gasteiger partial charge in [0.05, 0.1) is 50.5 Å². The fourth-order valence-corrected chi connectivity index (χ4v) is 11.4. The number of hydrogen-bond donors (Lipinski definition) is 3. The number of nitrogens with one attached hydrogen (secondary N) is 2. The van der Waals surface area contributed by atoms with E-state index in [4.69, 9.17) is 4.74 Å². The van der Waals surface area contributed by atoms with Gasteiger partial charge in [-0.1, -0.05) is 19.1 Å². The van der Waals surface area contributed by atoms with Crippen LogP contribution in [0.15, 0.2) is 42.5 Å². The highest BCUT2D eigenvalue weighted by Crippen LogP contribution is 2.61. The van der Waals surface area contributed by atoms with Crippen molar-refractivity contribution in [1.82, 2.24) is 15.5 Å². The Kier molecular flexibility index (Phi) is 9.35. The number of aliphatic hydroxyl groups excluding tert-OH is 1. The molecule has 1 spiro atoms. The van der Waals surface area contributed by atoms with Crippen LogP contribution in [0.1, 0.15) is 37.3 Å². The zero-order valence-corrected chi connectivity index (χ0v) is 30.0. The molecule has 5 heterocycles. The lowest BCUT2D eigenvalue weighted by Crippen LogP contribution is -2.48. The lowest BCUT2D eigenvalue weighted by molar-refractivity contribution is -0.150. The van der Waals surface area contributed by atoms with Crippen LogP contribution in [0.3, 0.4) is 0 Å². The molecule has 7 rings (SSSR count). The van der Waals surface area contributed by atoms with Crippen molar-refractivity contribution >= 4 is 49.1 Å². The molecule has 0 saturated carbocycles. The molecule has 12 nitrogen and oxygen atoms in total. The predicted octanol–water partition coefficient (Wildman–Crippen LogP) is 2.25. The van der Waals surface area contributed by atoms with Gasteiger partial charge in [-0.15, -0.1) is 0 Å². The monoisotopic (exact) mass is 706 g/mol. The Bertz CT molecular complexity index is 1670. The minimum atomic E-state index is -3.53. The van der Waals surface area contributed by atoms with Gasteiger partial charge in [0.1, 0.15) is 0 Å². The summed E-state index contributed by atoms with van der Waals surface area (Å²) < 4.78 is 23.3. The molecule has 4 fully saturated rings. The first-order valence-electron chi connectivity index (χ1n) is 17.8. The van der Waals surface area contributed by atoms with Crippen molar-refractivity contribution in [3.63, 3.8) is 0 Å². The van der Waals surface area contributed by atoms with Gasteiger partial charge in [0.25, 0.3) is 5.91 Å². The Labute approximate surface area is 293 Å². The zero-order valence-electron chi connectivity index (χ0n) is 29.0. The molecule has 0 unspecified atom stereocenters. The molecule has 0 aliphatic carbocycles. The third-order valence-electron chi connectivity index (χ3n) is 11.3. The van der Waals surface area contributed by atoms with Crippen LogP contribution in [-0.2, 0) is 36.1 Å². The number of fused-ring (bicyclic) bond motifs is 2. The van der Waals surface area contributed by atoms with E-state index < -0.39 is 31.6 Å². The molecule has 50 heavy (non-hydrogen) atoms. The summed E-state index contributed by atoms with van der Waals surface area (Å²) in [7, 11) is -3.53. The number of carbonyl (C=O) groups is 4. The topological polar surface area (TPSA) is 135 Å². The molecule has 5 aliphatic rings. The average molecular weight is 707 g/mol. The minimum absolute atomic E-state index is 0.000674. The number of piperazine rings is 2. The molecule has 2 aromatic carbocycles. The van der Waals surface area contributed by atoms with Crippen LogP contribution < -0.4 is 25.3 Å². The molecule has 3 N–H and O–H groups in total. The Morgan fingerprint density at radius 3 is 2.24 bits per heavy atom. The second-order valence-corrected chi connectivity index (χ2v) is 18.5. The highest BCUT2D eigenvalue weighted by Gasteiger charge is 2.67. The molecule has 5 atom stereocenters. The summed E-state index contributed by atoms with van der Waals surface area (Å²) in [6.45, 7) is 8.55. The van der Waals surface area contributed by atoms with E-state index in [1.807, 2.05) is 49.4 Å². The number of halogens is 1. The molecule has 0 aromatic heterocycles. The molecule has 268 valence electrons. The Morgan fingerprint density at radius 2 is 1.62 bits per heavy atom. The van der Waals surface area contributed by atoms with Crippen LogP contribution in [0.2, 0.25) is 18.6 Å². The number of carbonyl (C=O) groups excluding carboxylic acids is 4. The van der Waals surface area contributed by atoms with E-state index in [1.54, 1.807) is 32.7 Å². The average Bonchev–Trinajstić information content (AvgIpc) is 3.76. The third-order valence-corrected chi connectivity index (χ3v) is 13.8. The number of rotatable bonds is 8. The number of benzene rings is 2. The van der Waals surface area contributed by atoms with E-state index >= 15 is 4.11 Å². The van der Waals surface area contributed by atoms with Crippen LogP contribution in [0.5, 0.6) is 0 Å². The van der Waals surface area contributed by atoms with Gasteiger partial charge >= 0.3 is 0 Å². The molecular formula is C36H47FN6O6Si. The number of hydrogen-bond acceptors (Lipinski definition) is 8. The molecule has 14 heteroatoms. The van der Waals surface area contributed by atoms with Crippen LogP contribution in [0.25, 0.3) is 0 Å². The van der Waals surface area contributed by atoms with Gasteiger partial charge < -0.3 is 44.2 Å². The van der Waals surface area contributed by atoms with E-state index in [2.05, 4.69) is 10.6 Å². The first-order chi connectivity index (χ1) is 23.9. The summed E-state index contributed by atoms with van der Waals surface area (Å²) in [5, 5.41) is 16.1. The van der Waals surface area contributed by atoms with Crippen molar-refractivity contribution in [3.05, 3.63) is 53.6 Å². The van der Waals surface area contributed by atoms with Gasteiger partial charge in [0, 0.05) is 61.1 Å². The van der Waals surface area contributed by atoms with Gasteiger partial charge in [-0.3, -0.25) is 19.2 Å². The Balaban J connectivity index is 1.26. The second kappa shape index (κ2) is 13.5. The first-order valence-corrected chi connectivity index (χ1v) is 20.7. The Morgan fingerprint density at radius 1 is 0.980 bits per heavy atom. The second-order valence-electron chi connectivity index (χ2n) is 14.7. The normalized spacial score (nSPS) is 28.7. The van der Waals surface area contributed by atoms with E-state index in [0.29, 0.717) is 56.1 Å². The summed E-state index contributed by atoms with van der Waals surface area (Å²) in [4.78, 5) is 60.9. The van der Waals surface area contributed by atoms with Crippen molar-refractivity contribution in [2.24, 2.45) is 5.92 Å². The molecule has 4 amide bonds. The first kappa shape index (κ1) is 34.7. The molecule has 0 bridgehead atoms. The van der Waals surface area contributed by atoms with Gasteiger partial charge in [-0.2, -0.15) is 0 Å². The fourth-order valence-electron chi connectivity index (χ4n) is 8.93. The standard InChI is InChI=1S/C36H47FN6O6Si/c1-23-34(50(2,3)37)30(18-31(45)40-14-4-5-27(40)22-44)49-36(23)28-17-26(42-16-13-39-20-33(42)47)10-11-29(28)43(35(36)48)21-24-6-8-25(9-7-24)41-15-12-38-19-32(41)46/h6-11,17,23,27,30,34,38-39,44H,4-5,12-16,18-22H2,1-3H3/t23-,27-,30+,34-,36+/m0/s1. The summed E-state index contributed by atoms with van der Waals surface area (Å²) >= 11 is 0. The summed E-state index contributed by atoms with van der Waals surface area (Å²) in [6, 6.07) is 12.8. The van der Waals surface area contributed by atoms with E-state index in [-0.39, 0.29) is 62.3 Å². The largest absolute Gasteiger partial charge is 0.394 e. The van der Waals surface area contributed by atoms with Crippen LogP contribution in [0, 0.1) is 5.92 Å². The van der Waals surface area contributed by atoms with Crippen LogP contribution in [0.4, 0.5) is 21.2 Å². The van der Waals surface area contributed by atoms with Gasteiger partial charge in [-0.05, 0) is 61.8 Å². The maximum Gasteiger partial charge on any atom is 0.264 e. The lowest BCUT2D eigenvalue weighted by Gasteiger charge is -2.32. The van der Waals surface area contributed by atoms with Gasteiger partial charge in [-0.25, -0.2) is 0 Å². The maximum absolute atomic E-state index is 16.5. The Hall–Kier alpha value is -3.69. The van der Waals surface area contributed by atoms with E-state index in [0.717, 1.165) is 17.7 Å². The SMILES string of the molecule is C[C@H]1[C@H]([Si](C)(C)F)[C@@H](CC(=O)N2CCC[C@H]2CO)O[C@]12C(=O)N(Cc1ccc(N3CCNCC3=O)cc1)c1ccc(N3CCNCC3=O)cc12. The van der Waals surface area contributed by atoms with Crippen molar-refractivity contribution in [2.45, 2.75) is 69.1 Å². The summed E-state index contributed by atoms with van der Waals surface area (Å²) in [5.41, 5.74) is 1.23. The van der Waals surface area contributed by atoms with Crippen molar-refractivity contribution in [2.75, 3.05) is 67.1 Å².